The van der Waals surface area contributed by atoms with Crippen molar-refractivity contribution in [3.8, 4) is 17.5 Å². The third kappa shape index (κ3) is 5.80. The first-order chi connectivity index (χ1) is 17.7. The number of urea groups is 1. The fourth-order valence-corrected chi connectivity index (χ4v) is 4.36. The van der Waals surface area contributed by atoms with Crippen LogP contribution in [0.3, 0.4) is 0 Å². The number of aromatic nitrogens is 2. The van der Waals surface area contributed by atoms with Gasteiger partial charge in [-0.15, -0.1) is 0 Å². The van der Waals surface area contributed by atoms with E-state index in [0.717, 1.165) is 24.1 Å². The minimum absolute atomic E-state index is 0.0553. The summed E-state index contributed by atoms with van der Waals surface area (Å²) in [6.07, 6.45) is -4.63. The van der Waals surface area contributed by atoms with Crippen LogP contribution in [0, 0.1) is 0 Å². The number of rotatable bonds is 7. The quantitative estimate of drug-likeness (QED) is 0.218. The van der Waals surface area contributed by atoms with Crippen LogP contribution in [-0.4, -0.2) is 37.3 Å². The second-order valence-electron chi connectivity index (χ2n) is 7.47. The highest BCUT2D eigenvalue weighted by Gasteiger charge is 2.32. The van der Waals surface area contributed by atoms with E-state index in [2.05, 4.69) is 15.3 Å². The third-order valence-corrected chi connectivity index (χ3v) is 6.14. The van der Waals surface area contributed by atoms with E-state index < -0.39 is 17.8 Å². The second kappa shape index (κ2) is 10.8. The van der Waals surface area contributed by atoms with Crippen LogP contribution in [0.15, 0.2) is 71.8 Å². The van der Waals surface area contributed by atoms with Crippen molar-refractivity contribution in [2.45, 2.75) is 11.2 Å². The number of carbonyl (C=O) groups is 1. The number of hydrogen-bond donors (Lipinski definition) is 1. The molecule has 0 atom stereocenters. The van der Waals surface area contributed by atoms with Gasteiger partial charge >= 0.3 is 18.2 Å². The lowest BCUT2D eigenvalue weighted by atomic mass is 10.2. The second-order valence-corrected chi connectivity index (χ2v) is 8.40. The summed E-state index contributed by atoms with van der Waals surface area (Å²) in [5.74, 6) is 0.416. The van der Waals surface area contributed by atoms with Gasteiger partial charge in [0.1, 0.15) is 16.5 Å². The number of anilines is 2. The van der Waals surface area contributed by atoms with Crippen LogP contribution in [0.4, 0.5) is 29.3 Å². The molecule has 0 fully saturated rings. The number of fused-ring (bicyclic) bond motifs is 1. The van der Waals surface area contributed by atoms with Crippen molar-refractivity contribution in [1.29, 1.82) is 0 Å². The fourth-order valence-electron chi connectivity index (χ4n) is 3.41. The summed E-state index contributed by atoms with van der Waals surface area (Å²) in [6, 6.07) is 16.1. The van der Waals surface area contributed by atoms with E-state index in [9.17, 15) is 18.0 Å². The van der Waals surface area contributed by atoms with Crippen LogP contribution < -0.4 is 23.8 Å². The molecule has 12 heteroatoms. The molecule has 0 spiro atoms. The number of benzene rings is 3. The van der Waals surface area contributed by atoms with Crippen LogP contribution in [0.25, 0.3) is 10.9 Å². The first-order valence-corrected chi connectivity index (χ1v) is 11.5. The first kappa shape index (κ1) is 25.9. The van der Waals surface area contributed by atoms with Gasteiger partial charge in [0.25, 0.3) is 0 Å². The maximum atomic E-state index is 13.5. The van der Waals surface area contributed by atoms with E-state index in [1.807, 2.05) is 0 Å². The smallest absolute Gasteiger partial charge is 0.416 e. The highest BCUT2D eigenvalue weighted by molar-refractivity contribution is 8.01. The van der Waals surface area contributed by atoms with Gasteiger partial charge in [-0.1, -0.05) is 24.3 Å². The average Bonchev–Trinajstić information content (AvgIpc) is 2.90. The molecule has 0 aliphatic rings. The number of para-hydroxylation sites is 1. The summed E-state index contributed by atoms with van der Waals surface area (Å²) in [5.41, 5.74) is -0.0902. The van der Waals surface area contributed by atoms with E-state index in [0.29, 0.717) is 27.4 Å². The van der Waals surface area contributed by atoms with E-state index in [1.54, 1.807) is 48.5 Å². The van der Waals surface area contributed by atoms with Crippen molar-refractivity contribution in [1.82, 2.24) is 9.97 Å². The minimum atomic E-state index is -4.63. The van der Waals surface area contributed by atoms with Gasteiger partial charge in [-0.25, -0.2) is 9.10 Å². The van der Waals surface area contributed by atoms with E-state index in [4.69, 9.17) is 14.2 Å². The molecule has 0 aliphatic heterocycles. The van der Waals surface area contributed by atoms with Gasteiger partial charge in [0.15, 0.2) is 0 Å². The Morgan fingerprint density at radius 3 is 2.32 bits per heavy atom. The molecule has 192 valence electrons. The lowest BCUT2D eigenvalue weighted by molar-refractivity contribution is -0.137. The van der Waals surface area contributed by atoms with Gasteiger partial charge in [-0.2, -0.15) is 23.1 Å². The Morgan fingerprint density at radius 1 is 0.919 bits per heavy atom. The monoisotopic (exact) mass is 530 g/mol. The van der Waals surface area contributed by atoms with Crippen molar-refractivity contribution < 1.29 is 32.2 Å². The Labute approximate surface area is 214 Å². The average molecular weight is 531 g/mol. The topological polar surface area (TPSA) is 85.8 Å². The Bertz CT molecular complexity index is 1420. The van der Waals surface area contributed by atoms with Gasteiger partial charge < -0.3 is 19.5 Å². The molecule has 37 heavy (non-hydrogen) atoms. The van der Waals surface area contributed by atoms with Crippen LogP contribution in [0.5, 0.6) is 17.5 Å². The number of carbonyl (C=O) groups excluding carboxylic acids is 1. The van der Waals surface area contributed by atoms with E-state index >= 15 is 0 Å². The molecule has 3 aromatic carbocycles. The number of halogens is 3. The number of methoxy groups -OCH3 is 3. The molecule has 0 bridgehead atoms. The van der Waals surface area contributed by atoms with Crippen LogP contribution in [-0.2, 0) is 6.18 Å². The Hall–Kier alpha value is -4.19. The Kier molecular flexibility index (Phi) is 7.58. The zero-order valence-corrected chi connectivity index (χ0v) is 20.7. The molecular weight excluding hydrogens is 509 g/mol. The predicted molar refractivity (Wildman–Crippen MR) is 134 cm³/mol. The van der Waals surface area contributed by atoms with Gasteiger partial charge in [0.2, 0.25) is 0 Å². The molecule has 4 aromatic rings. The molecule has 1 N–H and O–H groups in total. The highest BCUT2D eigenvalue weighted by Crippen LogP contribution is 2.38. The molecule has 8 nitrogen and oxygen atoms in total. The molecular formula is C25H21F3N4O4S. The van der Waals surface area contributed by atoms with Crippen LogP contribution in [0.2, 0.25) is 0 Å². The number of ether oxygens (including phenoxy) is 3. The largest absolute Gasteiger partial charge is 0.497 e. The van der Waals surface area contributed by atoms with Crippen molar-refractivity contribution in [2.24, 2.45) is 0 Å². The zero-order chi connectivity index (χ0) is 26.6. The van der Waals surface area contributed by atoms with Crippen molar-refractivity contribution in [3.05, 3.63) is 72.3 Å². The number of nitrogens with one attached hydrogen (secondary N) is 1. The number of alkyl halides is 3. The number of hydrogen-bond acceptors (Lipinski definition) is 7. The summed E-state index contributed by atoms with van der Waals surface area (Å²) in [6.45, 7) is 0. The standard InChI is InChI=1S/C25H21F3N4O4S/c1-34-18-13-15(25(26,27)28)12-16(14-18)29-24(33)32(17-8-5-4-6-9-17)37-22-21-19(30-23(31-22)36-3)10-7-11-20(21)35-2/h4-14H,1-3H3,(H,29,33). The molecule has 1 aromatic heterocycles. The molecule has 1 heterocycles. The van der Waals surface area contributed by atoms with Crippen molar-refractivity contribution in [2.75, 3.05) is 31.0 Å². The number of nitrogens with zero attached hydrogens (tertiary/aromatic N) is 3. The summed E-state index contributed by atoms with van der Waals surface area (Å²) >= 11 is 0.934. The van der Waals surface area contributed by atoms with Gasteiger partial charge in [-0.05, 0) is 36.4 Å². The van der Waals surface area contributed by atoms with Crippen molar-refractivity contribution >= 4 is 40.3 Å². The molecule has 0 saturated carbocycles. The Balaban J connectivity index is 1.77. The van der Waals surface area contributed by atoms with E-state index in [-0.39, 0.29) is 17.4 Å². The third-order valence-electron chi connectivity index (χ3n) is 5.11. The molecule has 0 unspecified atom stereocenters. The molecule has 0 saturated heterocycles. The molecule has 2 amide bonds. The highest BCUT2D eigenvalue weighted by atomic mass is 32.2. The molecule has 4 rings (SSSR count). The fraction of sp³-hybridized carbons (Fsp3) is 0.160. The lowest BCUT2D eigenvalue weighted by Crippen LogP contribution is -2.29. The normalized spacial score (nSPS) is 11.2. The van der Waals surface area contributed by atoms with Gasteiger partial charge in [0, 0.05) is 23.7 Å². The summed E-state index contributed by atoms with van der Waals surface area (Å²) < 4.78 is 57.2. The summed E-state index contributed by atoms with van der Waals surface area (Å²) in [5, 5.41) is 3.40. The van der Waals surface area contributed by atoms with E-state index in [1.165, 1.54) is 31.7 Å². The maximum absolute atomic E-state index is 13.5. The van der Waals surface area contributed by atoms with Crippen molar-refractivity contribution in [3.63, 3.8) is 0 Å². The van der Waals surface area contributed by atoms with Gasteiger partial charge in [0.05, 0.1) is 43.5 Å². The SMILES string of the molecule is COc1cc(NC(=O)N(Sc2nc(OC)nc3cccc(OC)c23)c2ccccc2)cc(C(F)(F)F)c1. The predicted octanol–water partition coefficient (Wildman–Crippen LogP) is 6.42. The lowest BCUT2D eigenvalue weighted by Gasteiger charge is -2.23. The summed E-state index contributed by atoms with van der Waals surface area (Å²) in [7, 11) is 4.16. The zero-order valence-electron chi connectivity index (χ0n) is 19.9. The molecule has 0 aliphatic carbocycles. The summed E-state index contributed by atoms with van der Waals surface area (Å²) in [4.78, 5) is 22.2. The molecule has 0 radical (unpaired) electrons. The minimum Gasteiger partial charge on any atom is -0.497 e. The Morgan fingerprint density at radius 2 is 1.68 bits per heavy atom. The van der Waals surface area contributed by atoms with Crippen LogP contribution in [0.1, 0.15) is 5.56 Å². The number of amides is 2. The van der Waals surface area contributed by atoms with Crippen LogP contribution >= 0.6 is 11.9 Å². The first-order valence-electron chi connectivity index (χ1n) is 10.7. The maximum Gasteiger partial charge on any atom is 0.416 e. The van der Waals surface area contributed by atoms with Gasteiger partial charge in [-0.3, -0.25) is 0 Å².